The lowest BCUT2D eigenvalue weighted by atomic mass is 9.63. The van der Waals surface area contributed by atoms with Crippen molar-refractivity contribution in [1.29, 1.82) is 0 Å². The van der Waals surface area contributed by atoms with Crippen molar-refractivity contribution in [3.63, 3.8) is 0 Å². The smallest absolute Gasteiger partial charge is 0.0463 e. The first-order valence-corrected chi connectivity index (χ1v) is 8.97. The predicted octanol–water partition coefficient (Wildman–Crippen LogP) is 4.41. The molecule has 1 heterocycles. The van der Waals surface area contributed by atoms with E-state index in [4.69, 9.17) is 0 Å². The average molecular weight is 307 g/mol. The fourth-order valence-corrected chi connectivity index (χ4v) is 5.78. The number of allylic oxidation sites excluding steroid dienone is 17. The average Bonchev–Trinajstić information content (AvgIpc) is 3.29. The van der Waals surface area contributed by atoms with E-state index in [2.05, 4.69) is 72.2 Å². The van der Waals surface area contributed by atoms with Gasteiger partial charge in [-0.15, -0.1) is 0 Å². The third-order valence-electron chi connectivity index (χ3n) is 6.96. The Kier molecular flexibility index (Phi) is 1.78. The van der Waals surface area contributed by atoms with Gasteiger partial charge < -0.3 is 5.32 Å². The van der Waals surface area contributed by atoms with Crippen molar-refractivity contribution in [2.75, 3.05) is 0 Å². The Morgan fingerprint density at radius 1 is 0.875 bits per heavy atom. The summed E-state index contributed by atoms with van der Waals surface area (Å²) in [6.45, 7) is 0. The minimum absolute atomic E-state index is 0.267. The molecule has 0 aromatic rings. The van der Waals surface area contributed by atoms with Crippen LogP contribution in [0.15, 0.2) is 106 Å². The van der Waals surface area contributed by atoms with Gasteiger partial charge in [-0.3, -0.25) is 0 Å². The summed E-state index contributed by atoms with van der Waals surface area (Å²) in [5, 5.41) is 3.82. The highest BCUT2D eigenvalue weighted by Crippen LogP contribution is 2.70. The Morgan fingerprint density at radius 2 is 1.79 bits per heavy atom. The summed E-state index contributed by atoms with van der Waals surface area (Å²) in [5.41, 5.74) is 10.6. The van der Waals surface area contributed by atoms with Crippen LogP contribution in [0.4, 0.5) is 0 Å². The number of hydrogen-bond acceptors (Lipinski definition) is 1. The molecule has 0 aromatic carbocycles. The zero-order valence-electron chi connectivity index (χ0n) is 13.3. The van der Waals surface area contributed by atoms with Crippen LogP contribution >= 0.6 is 0 Å². The van der Waals surface area contributed by atoms with Gasteiger partial charge in [0.05, 0.1) is 0 Å². The highest BCUT2D eigenvalue weighted by atomic mass is 15.0. The first kappa shape index (κ1) is 11.9. The topological polar surface area (TPSA) is 12.0 Å². The van der Waals surface area contributed by atoms with Gasteiger partial charge in [0.2, 0.25) is 0 Å². The van der Waals surface area contributed by atoms with Crippen molar-refractivity contribution < 1.29 is 0 Å². The van der Waals surface area contributed by atoms with E-state index >= 15 is 0 Å². The van der Waals surface area contributed by atoms with E-state index < -0.39 is 0 Å². The summed E-state index contributed by atoms with van der Waals surface area (Å²) in [6.07, 6.45) is 26.9. The van der Waals surface area contributed by atoms with Gasteiger partial charge in [0.15, 0.2) is 0 Å². The van der Waals surface area contributed by atoms with Crippen molar-refractivity contribution in [2.24, 2.45) is 23.2 Å². The number of hydrogen-bond donors (Lipinski definition) is 1. The van der Waals surface area contributed by atoms with Crippen LogP contribution in [0.3, 0.4) is 0 Å². The molecule has 0 bridgehead atoms. The maximum atomic E-state index is 3.82. The summed E-state index contributed by atoms with van der Waals surface area (Å²) < 4.78 is 0. The molecule has 24 heavy (non-hydrogen) atoms. The van der Waals surface area contributed by atoms with Gasteiger partial charge in [0.1, 0.15) is 0 Å². The summed E-state index contributed by atoms with van der Waals surface area (Å²) in [6, 6.07) is 0. The SMILES string of the molecule is C1=CC2=CC=C3C=C4C(=C5C=CC(=C1)C2C35)NC1=CC=CC2CC142. The molecule has 6 aliphatic carbocycles. The molecule has 7 aliphatic rings. The van der Waals surface area contributed by atoms with Crippen molar-refractivity contribution in [1.82, 2.24) is 5.32 Å². The Labute approximate surface area is 141 Å². The second-order valence-corrected chi connectivity index (χ2v) is 7.91. The molecular formula is C23H17N. The Hall–Kier alpha value is -2.54. The molecule has 1 saturated carbocycles. The zero-order valence-corrected chi connectivity index (χ0v) is 13.3. The van der Waals surface area contributed by atoms with Gasteiger partial charge in [-0.1, -0.05) is 60.8 Å². The third kappa shape index (κ3) is 1.13. The van der Waals surface area contributed by atoms with E-state index in [0.717, 1.165) is 0 Å². The van der Waals surface area contributed by atoms with Gasteiger partial charge in [-0.25, -0.2) is 0 Å². The van der Waals surface area contributed by atoms with Crippen LogP contribution in [0.2, 0.25) is 0 Å². The molecular weight excluding hydrogens is 290 g/mol. The lowest BCUT2D eigenvalue weighted by molar-refractivity contribution is 0.554. The van der Waals surface area contributed by atoms with Crippen LogP contribution in [0.5, 0.6) is 0 Å². The molecule has 7 rings (SSSR count). The van der Waals surface area contributed by atoms with Gasteiger partial charge in [-0.2, -0.15) is 0 Å². The minimum atomic E-state index is 0.267. The van der Waals surface area contributed by atoms with Crippen molar-refractivity contribution in [2.45, 2.75) is 6.42 Å². The van der Waals surface area contributed by atoms with Crippen LogP contribution in [-0.4, -0.2) is 0 Å². The fraction of sp³-hybridized carbons (Fsp3) is 0.217. The summed E-state index contributed by atoms with van der Waals surface area (Å²) in [5.74, 6) is 1.69. The number of nitrogens with one attached hydrogen (secondary N) is 1. The second kappa shape index (κ2) is 3.59. The highest BCUT2D eigenvalue weighted by molar-refractivity contribution is 5.70. The van der Waals surface area contributed by atoms with Crippen LogP contribution in [0.1, 0.15) is 6.42 Å². The molecule has 1 aliphatic heterocycles. The molecule has 1 heteroatoms. The quantitative estimate of drug-likeness (QED) is 0.699. The highest BCUT2D eigenvalue weighted by Gasteiger charge is 2.64. The summed E-state index contributed by atoms with van der Waals surface area (Å²) >= 11 is 0. The molecule has 4 unspecified atom stereocenters. The number of fused-ring (bicyclic) bond motifs is 1. The minimum Gasteiger partial charge on any atom is -0.358 e. The first-order chi connectivity index (χ1) is 11.9. The van der Waals surface area contributed by atoms with E-state index in [9.17, 15) is 0 Å². The van der Waals surface area contributed by atoms with Crippen molar-refractivity contribution >= 4 is 0 Å². The molecule has 0 aromatic heterocycles. The molecule has 0 radical (unpaired) electrons. The van der Waals surface area contributed by atoms with Crippen LogP contribution in [0, 0.1) is 23.2 Å². The van der Waals surface area contributed by atoms with Crippen molar-refractivity contribution in [3.8, 4) is 0 Å². The van der Waals surface area contributed by atoms with Crippen LogP contribution in [0.25, 0.3) is 0 Å². The summed E-state index contributed by atoms with van der Waals surface area (Å²) in [7, 11) is 0. The predicted molar refractivity (Wildman–Crippen MR) is 95.5 cm³/mol. The largest absolute Gasteiger partial charge is 0.358 e. The maximum Gasteiger partial charge on any atom is 0.0463 e. The van der Waals surface area contributed by atoms with E-state index in [0.29, 0.717) is 17.8 Å². The second-order valence-electron chi connectivity index (χ2n) is 7.91. The van der Waals surface area contributed by atoms with Gasteiger partial charge in [0.25, 0.3) is 0 Å². The lowest BCUT2D eigenvalue weighted by Gasteiger charge is -2.41. The molecule has 114 valence electrons. The normalized spacial score (nSPS) is 41.0. The molecule has 0 amide bonds. The van der Waals surface area contributed by atoms with Crippen LogP contribution < -0.4 is 5.32 Å². The van der Waals surface area contributed by atoms with Gasteiger partial charge >= 0.3 is 0 Å². The van der Waals surface area contributed by atoms with E-state index in [-0.39, 0.29) is 5.41 Å². The summed E-state index contributed by atoms with van der Waals surface area (Å²) in [4.78, 5) is 0. The van der Waals surface area contributed by atoms with Gasteiger partial charge in [0, 0.05) is 28.6 Å². The molecule has 1 nitrogen and oxygen atoms in total. The van der Waals surface area contributed by atoms with Crippen LogP contribution in [-0.2, 0) is 0 Å². The third-order valence-corrected chi connectivity index (χ3v) is 6.96. The zero-order chi connectivity index (χ0) is 15.5. The monoisotopic (exact) mass is 307 g/mol. The Morgan fingerprint density at radius 3 is 2.79 bits per heavy atom. The lowest BCUT2D eigenvalue weighted by Crippen LogP contribution is -2.31. The van der Waals surface area contributed by atoms with E-state index in [1.165, 1.54) is 40.1 Å². The molecule has 2 fully saturated rings. The first-order valence-electron chi connectivity index (χ1n) is 8.97. The standard InChI is InChI=1S/C23H17N/c1-3-13-7-8-15-11-18-22(17-10-9-14(4-1)20(13)21(15)17)24-19-6-2-5-16-12-23(16,18)19/h1-11,16,20-21,24H,12H2. The van der Waals surface area contributed by atoms with Gasteiger partial charge in [-0.05, 0) is 46.3 Å². The number of rotatable bonds is 0. The molecule has 1 spiro atoms. The van der Waals surface area contributed by atoms with E-state index in [1.54, 1.807) is 5.57 Å². The fourth-order valence-electron chi connectivity index (χ4n) is 5.78. The molecule has 1 N–H and O–H groups in total. The Balaban J connectivity index is 1.52. The molecule has 1 saturated heterocycles. The van der Waals surface area contributed by atoms with Crippen molar-refractivity contribution in [3.05, 3.63) is 106 Å². The molecule has 4 atom stereocenters. The van der Waals surface area contributed by atoms with E-state index in [1.807, 2.05) is 0 Å². The Bertz CT molecular complexity index is 1010. The maximum absolute atomic E-state index is 3.82.